The van der Waals surface area contributed by atoms with Gasteiger partial charge in [-0.15, -0.1) is 0 Å². The quantitative estimate of drug-likeness (QED) is 0.765. The molecule has 1 aromatic heterocycles. The van der Waals surface area contributed by atoms with E-state index in [9.17, 15) is 4.79 Å². The lowest BCUT2D eigenvalue weighted by molar-refractivity contribution is -0.144. The van der Waals surface area contributed by atoms with Crippen LogP contribution >= 0.6 is 0 Å². The summed E-state index contributed by atoms with van der Waals surface area (Å²) in [5, 5.41) is 17.2. The second-order valence-corrected chi connectivity index (χ2v) is 2.57. The fourth-order valence-electron chi connectivity index (χ4n) is 0.788. The second-order valence-electron chi connectivity index (χ2n) is 2.57. The highest BCUT2D eigenvalue weighted by Crippen LogP contribution is 2.14. The Labute approximate surface area is 80.6 Å². The van der Waals surface area contributed by atoms with Gasteiger partial charge in [-0.25, -0.2) is 9.78 Å². The van der Waals surface area contributed by atoms with Gasteiger partial charge in [-0.3, -0.25) is 0 Å². The van der Waals surface area contributed by atoms with Gasteiger partial charge in [0, 0.05) is 6.20 Å². The van der Waals surface area contributed by atoms with E-state index in [0.29, 0.717) is 0 Å². The Morgan fingerprint density at radius 3 is 3.07 bits per heavy atom. The van der Waals surface area contributed by atoms with Crippen LogP contribution in [0.2, 0.25) is 0 Å². The number of rotatable bonds is 3. The summed E-state index contributed by atoms with van der Waals surface area (Å²) >= 11 is 0. The Morgan fingerprint density at radius 1 is 1.79 bits per heavy atom. The molecular formula is C9H8N2O3. The molecule has 0 saturated carbocycles. The van der Waals surface area contributed by atoms with Gasteiger partial charge in [-0.1, -0.05) is 0 Å². The van der Waals surface area contributed by atoms with E-state index in [0.717, 1.165) is 0 Å². The summed E-state index contributed by atoms with van der Waals surface area (Å²) in [6, 6.07) is 4.95. The van der Waals surface area contributed by atoms with Crippen LogP contribution in [0.5, 0.6) is 5.88 Å². The molecule has 0 aliphatic heterocycles. The first-order chi connectivity index (χ1) is 6.65. The first-order valence-electron chi connectivity index (χ1n) is 3.89. The molecule has 1 N–H and O–H groups in total. The first-order valence-corrected chi connectivity index (χ1v) is 3.89. The maximum absolute atomic E-state index is 10.5. The Hall–Kier alpha value is -2.09. The molecule has 0 spiro atoms. The predicted octanol–water partition coefficient (Wildman–Crippen LogP) is 0.805. The maximum atomic E-state index is 10.5. The summed E-state index contributed by atoms with van der Waals surface area (Å²) in [6.07, 6.45) is 0.419. The van der Waals surface area contributed by atoms with E-state index in [1.165, 1.54) is 19.2 Å². The summed E-state index contributed by atoms with van der Waals surface area (Å²) in [7, 11) is 0. The lowest BCUT2D eigenvalue weighted by Crippen LogP contribution is -2.23. The van der Waals surface area contributed by atoms with Gasteiger partial charge in [0.1, 0.15) is 11.6 Å². The third kappa shape index (κ3) is 2.20. The van der Waals surface area contributed by atoms with Crippen LogP contribution in [0.15, 0.2) is 18.3 Å². The molecule has 14 heavy (non-hydrogen) atoms. The molecule has 0 aliphatic carbocycles. The lowest BCUT2D eigenvalue weighted by Gasteiger charge is -2.09. The van der Waals surface area contributed by atoms with Crippen molar-refractivity contribution >= 4 is 5.97 Å². The zero-order valence-corrected chi connectivity index (χ0v) is 7.47. The lowest BCUT2D eigenvalue weighted by atomic mass is 10.3. The number of carboxylic acid groups (broad SMARTS) is 1. The Kier molecular flexibility index (Phi) is 3.02. The molecule has 0 amide bonds. The third-order valence-corrected chi connectivity index (χ3v) is 1.53. The molecule has 5 nitrogen and oxygen atoms in total. The average Bonchev–Trinajstić information content (AvgIpc) is 2.18. The number of pyridine rings is 1. The molecule has 0 bridgehead atoms. The van der Waals surface area contributed by atoms with Crippen molar-refractivity contribution in [3.05, 3.63) is 23.9 Å². The molecule has 1 heterocycles. The SMILES string of the molecule is CC(Oc1ncccc1C#N)C(=O)O. The largest absolute Gasteiger partial charge is 0.479 e. The summed E-state index contributed by atoms with van der Waals surface area (Å²) < 4.78 is 4.96. The smallest absolute Gasteiger partial charge is 0.344 e. The number of aromatic nitrogens is 1. The number of aliphatic carboxylic acids is 1. The zero-order valence-electron chi connectivity index (χ0n) is 7.47. The molecule has 0 aromatic carbocycles. The normalized spacial score (nSPS) is 11.4. The van der Waals surface area contributed by atoms with Crippen molar-refractivity contribution in [2.24, 2.45) is 0 Å². The first kappa shape index (κ1) is 9.99. The minimum Gasteiger partial charge on any atom is -0.479 e. The van der Waals surface area contributed by atoms with Gasteiger partial charge in [-0.05, 0) is 19.1 Å². The monoisotopic (exact) mass is 192 g/mol. The van der Waals surface area contributed by atoms with Crippen LogP contribution in [0.4, 0.5) is 0 Å². The van der Waals surface area contributed by atoms with Crippen LogP contribution in [-0.2, 0) is 4.79 Å². The minimum absolute atomic E-state index is 0.0462. The van der Waals surface area contributed by atoms with Crippen LogP contribution < -0.4 is 4.74 Å². The van der Waals surface area contributed by atoms with E-state index in [-0.39, 0.29) is 11.4 Å². The Morgan fingerprint density at radius 2 is 2.50 bits per heavy atom. The van der Waals surface area contributed by atoms with Gasteiger partial charge in [-0.2, -0.15) is 5.26 Å². The molecule has 0 saturated heterocycles. The molecule has 1 aromatic rings. The zero-order chi connectivity index (χ0) is 10.6. The van der Waals surface area contributed by atoms with Gasteiger partial charge in [0.2, 0.25) is 5.88 Å². The van der Waals surface area contributed by atoms with Crippen molar-refractivity contribution < 1.29 is 14.6 Å². The van der Waals surface area contributed by atoms with E-state index >= 15 is 0 Å². The predicted molar refractivity (Wildman–Crippen MR) is 46.7 cm³/mol. The Balaban J connectivity index is 2.87. The van der Waals surface area contributed by atoms with E-state index in [2.05, 4.69) is 4.98 Å². The number of nitriles is 1. The average molecular weight is 192 g/mol. The molecule has 0 fully saturated rings. The van der Waals surface area contributed by atoms with E-state index in [4.69, 9.17) is 15.1 Å². The summed E-state index contributed by atoms with van der Waals surface area (Å²) in [6.45, 7) is 1.37. The van der Waals surface area contributed by atoms with E-state index in [1.54, 1.807) is 6.07 Å². The number of ether oxygens (including phenoxy) is 1. The molecule has 0 aliphatic rings. The van der Waals surface area contributed by atoms with Crippen molar-refractivity contribution in [3.8, 4) is 11.9 Å². The number of carbonyl (C=O) groups is 1. The van der Waals surface area contributed by atoms with Crippen LogP contribution in [0.25, 0.3) is 0 Å². The Bertz CT molecular complexity index is 384. The van der Waals surface area contributed by atoms with E-state index in [1.807, 2.05) is 6.07 Å². The number of carboxylic acids is 1. The highest BCUT2D eigenvalue weighted by Gasteiger charge is 2.15. The highest BCUT2D eigenvalue weighted by molar-refractivity contribution is 5.72. The fourth-order valence-corrected chi connectivity index (χ4v) is 0.788. The molecule has 1 atom stereocenters. The van der Waals surface area contributed by atoms with Gasteiger partial charge in [0.15, 0.2) is 6.10 Å². The van der Waals surface area contributed by atoms with Crippen LogP contribution in [-0.4, -0.2) is 22.2 Å². The van der Waals surface area contributed by atoms with Crippen LogP contribution in [0, 0.1) is 11.3 Å². The second kappa shape index (κ2) is 4.23. The standard InChI is InChI=1S/C9H8N2O3/c1-6(9(12)13)14-8-7(5-10)3-2-4-11-8/h2-4,6H,1H3,(H,12,13). The molecule has 72 valence electrons. The van der Waals surface area contributed by atoms with Crippen LogP contribution in [0.1, 0.15) is 12.5 Å². The number of nitrogens with zero attached hydrogens (tertiary/aromatic N) is 2. The van der Waals surface area contributed by atoms with Gasteiger partial charge >= 0.3 is 5.97 Å². The molecule has 1 unspecified atom stereocenters. The summed E-state index contributed by atoms with van der Waals surface area (Å²) in [5.74, 6) is -1.05. The summed E-state index contributed by atoms with van der Waals surface area (Å²) in [5.41, 5.74) is 0.223. The fraction of sp³-hybridized carbons (Fsp3) is 0.222. The highest BCUT2D eigenvalue weighted by atomic mass is 16.5. The third-order valence-electron chi connectivity index (χ3n) is 1.53. The molecule has 1 rings (SSSR count). The summed E-state index contributed by atoms with van der Waals surface area (Å²) in [4.78, 5) is 14.2. The number of hydrogen-bond donors (Lipinski definition) is 1. The van der Waals surface area contributed by atoms with Gasteiger partial charge in [0.05, 0.1) is 0 Å². The van der Waals surface area contributed by atoms with Gasteiger partial charge < -0.3 is 9.84 Å². The van der Waals surface area contributed by atoms with Crippen molar-refractivity contribution in [2.45, 2.75) is 13.0 Å². The van der Waals surface area contributed by atoms with Crippen LogP contribution in [0.3, 0.4) is 0 Å². The van der Waals surface area contributed by atoms with Crippen molar-refractivity contribution in [1.29, 1.82) is 5.26 Å². The van der Waals surface area contributed by atoms with Crippen molar-refractivity contribution in [2.75, 3.05) is 0 Å². The minimum atomic E-state index is -1.10. The molecular weight excluding hydrogens is 184 g/mol. The number of hydrogen-bond acceptors (Lipinski definition) is 4. The van der Waals surface area contributed by atoms with Gasteiger partial charge in [0.25, 0.3) is 0 Å². The maximum Gasteiger partial charge on any atom is 0.344 e. The topological polar surface area (TPSA) is 83.2 Å². The molecule has 5 heteroatoms. The van der Waals surface area contributed by atoms with Crippen molar-refractivity contribution in [3.63, 3.8) is 0 Å². The van der Waals surface area contributed by atoms with E-state index < -0.39 is 12.1 Å². The molecule has 0 radical (unpaired) electrons. The van der Waals surface area contributed by atoms with Crippen molar-refractivity contribution in [1.82, 2.24) is 4.98 Å².